The average molecular weight is 762 g/mol. The van der Waals surface area contributed by atoms with Crippen LogP contribution in [0, 0.1) is 35.6 Å². The molecule has 0 aromatic heterocycles. The minimum atomic E-state index is 0. The van der Waals surface area contributed by atoms with E-state index in [0.29, 0.717) is 0 Å². The standard InChI is InChI=1S/C26H25.C21H23.2CH3.Si.Zr/c1-18-8-5-6-10-23(18)21-16-20-9-7-11-24(25(20)17-21)19-12-14-22(15-13-19)26(2,3)4;1-14-12-19-15(2)6-11-18(20(19)13-14)16-7-9-17(10-8-16)21(3,4)5;;;;/h5-17H,1-4H3;6-13H,1-5H3;2*1H3;;/q4*-1;;. The first-order chi connectivity index (χ1) is 23.3. The van der Waals surface area contributed by atoms with Gasteiger partial charge in [0, 0.05) is 0 Å². The molecule has 0 nitrogen and oxygen atoms in total. The fourth-order valence-corrected chi connectivity index (χ4v) is 6.68. The van der Waals surface area contributed by atoms with E-state index >= 15 is 0 Å². The third-order valence-corrected chi connectivity index (χ3v) is 9.58. The van der Waals surface area contributed by atoms with Crippen molar-refractivity contribution in [1.29, 1.82) is 0 Å². The summed E-state index contributed by atoms with van der Waals surface area (Å²) < 4.78 is 0. The van der Waals surface area contributed by atoms with E-state index in [1.165, 1.54) is 106 Å². The van der Waals surface area contributed by atoms with Gasteiger partial charge in [-0.25, -0.2) is 0 Å². The summed E-state index contributed by atoms with van der Waals surface area (Å²) >= 11 is 1.36. The molecule has 0 unspecified atom stereocenters. The average Bonchev–Trinajstić information content (AvgIpc) is 3.70. The van der Waals surface area contributed by atoms with Crippen molar-refractivity contribution in [2.45, 2.75) is 73.1 Å². The molecule has 7 aromatic rings. The maximum absolute atomic E-state index is 3.06. The fraction of sp³-hybridized carbons (Fsp3) is 0.224. The van der Waals surface area contributed by atoms with E-state index in [1.807, 2.05) is 0 Å². The van der Waals surface area contributed by atoms with E-state index in [9.17, 15) is 0 Å². The molecule has 0 amide bonds. The Hall–Kier alpha value is -3.58. The van der Waals surface area contributed by atoms with Gasteiger partial charge in [-0.1, -0.05) is 169 Å². The maximum atomic E-state index is 3.06. The molecule has 2 radical (unpaired) electrons. The second-order valence-corrected chi connectivity index (χ2v) is 15.3. The molecule has 0 N–H and O–H groups in total. The molecule has 0 saturated heterocycles. The van der Waals surface area contributed by atoms with Gasteiger partial charge >= 0.3 is 30.2 Å². The van der Waals surface area contributed by atoms with Gasteiger partial charge in [-0.3, -0.25) is 0 Å². The second kappa shape index (κ2) is 17.3. The predicted octanol–water partition coefficient (Wildman–Crippen LogP) is 14.2. The summed E-state index contributed by atoms with van der Waals surface area (Å²) in [4.78, 5) is 0. The van der Waals surface area contributed by atoms with Crippen LogP contribution in [0.4, 0.5) is 0 Å². The van der Waals surface area contributed by atoms with Crippen LogP contribution in [0.2, 0.25) is 0 Å². The molecule has 262 valence electrons. The van der Waals surface area contributed by atoms with Gasteiger partial charge < -0.3 is 14.9 Å². The van der Waals surface area contributed by atoms with Gasteiger partial charge in [-0.2, -0.15) is 6.07 Å². The van der Waals surface area contributed by atoms with Crippen molar-refractivity contribution < 1.29 is 23.3 Å². The summed E-state index contributed by atoms with van der Waals surface area (Å²) in [5, 5.41) is 5.39. The van der Waals surface area contributed by atoms with Gasteiger partial charge in [0.05, 0.1) is 0 Å². The van der Waals surface area contributed by atoms with Gasteiger partial charge in [0.25, 0.3) is 0 Å². The van der Waals surface area contributed by atoms with Crippen LogP contribution in [-0.2, 0) is 34.2 Å². The Morgan fingerprint density at radius 2 is 1.00 bits per heavy atom. The van der Waals surface area contributed by atoms with Crippen molar-refractivity contribution in [2.24, 2.45) is 0 Å². The first kappa shape index (κ1) is 41.8. The molecular formula is C49H54SiZr-4. The molecule has 0 aliphatic rings. The molecule has 0 aliphatic heterocycles. The van der Waals surface area contributed by atoms with E-state index in [1.54, 1.807) is 0 Å². The molecule has 7 aromatic carbocycles. The summed E-state index contributed by atoms with van der Waals surface area (Å²) in [6, 6.07) is 47.0. The third kappa shape index (κ3) is 9.46. The SMILES string of the molecule is Cc1cc2c(-c3ccc(C(C)(C)C)cc3)ccc(C)c2[cH-]1.Cc1ccccc1-c1cc2c(-c3ccc(C(C)(C)C)cc3)cccc2[cH-]1.[CH3-].[CH3-].[Si]=[Zr]. The van der Waals surface area contributed by atoms with E-state index in [2.05, 4.69) is 197 Å². The summed E-state index contributed by atoms with van der Waals surface area (Å²) in [7, 11) is 0. The van der Waals surface area contributed by atoms with Gasteiger partial charge in [0.1, 0.15) is 0 Å². The molecule has 0 spiro atoms. The minimum absolute atomic E-state index is 0. The molecular weight excluding hydrogens is 708 g/mol. The Bertz CT molecular complexity index is 2180. The molecule has 51 heavy (non-hydrogen) atoms. The Morgan fingerprint density at radius 3 is 1.53 bits per heavy atom. The van der Waals surface area contributed by atoms with Crippen LogP contribution >= 0.6 is 0 Å². The number of fused-ring (bicyclic) bond motifs is 2. The normalized spacial score (nSPS) is 11.1. The van der Waals surface area contributed by atoms with E-state index < -0.39 is 0 Å². The molecule has 0 saturated carbocycles. The molecule has 0 atom stereocenters. The topological polar surface area (TPSA) is 0 Å². The molecule has 2 heteroatoms. The van der Waals surface area contributed by atoms with Crippen LogP contribution in [-0.4, -0.2) is 6.88 Å². The van der Waals surface area contributed by atoms with Crippen LogP contribution in [0.3, 0.4) is 0 Å². The van der Waals surface area contributed by atoms with Gasteiger partial charge in [-0.15, -0.1) is 68.6 Å². The van der Waals surface area contributed by atoms with E-state index in [4.69, 9.17) is 0 Å². The number of rotatable bonds is 3. The van der Waals surface area contributed by atoms with Crippen molar-refractivity contribution in [3.8, 4) is 33.4 Å². The van der Waals surface area contributed by atoms with Crippen molar-refractivity contribution in [3.05, 3.63) is 170 Å². The summed E-state index contributed by atoms with van der Waals surface area (Å²) in [5.41, 5.74) is 15.0. The molecule has 0 fully saturated rings. The number of aryl methyl sites for hydroxylation is 3. The first-order valence-electron chi connectivity index (χ1n) is 17.2. The van der Waals surface area contributed by atoms with E-state index in [0.717, 1.165) is 0 Å². The first-order valence-corrected chi connectivity index (χ1v) is 21.4. The van der Waals surface area contributed by atoms with Crippen molar-refractivity contribution in [1.82, 2.24) is 0 Å². The quantitative estimate of drug-likeness (QED) is 0.124. The van der Waals surface area contributed by atoms with Crippen molar-refractivity contribution >= 4 is 28.4 Å². The van der Waals surface area contributed by atoms with E-state index in [-0.39, 0.29) is 25.7 Å². The van der Waals surface area contributed by atoms with Gasteiger partial charge in [0.15, 0.2) is 0 Å². The van der Waals surface area contributed by atoms with Crippen LogP contribution in [0.15, 0.2) is 127 Å². The third-order valence-electron chi connectivity index (χ3n) is 9.58. The van der Waals surface area contributed by atoms with Gasteiger partial charge in [-0.05, 0) is 40.0 Å². The monoisotopic (exact) mass is 760 g/mol. The van der Waals surface area contributed by atoms with Crippen LogP contribution < -0.4 is 0 Å². The summed E-state index contributed by atoms with van der Waals surface area (Å²) in [6.45, 7) is 23.1. The molecule has 7 rings (SSSR count). The second-order valence-electron chi connectivity index (χ2n) is 15.3. The molecule has 0 aliphatic carbocycles. The van der Waals surface area contributed by atoms with Crippen LogP contribution in [0.1, 0.15) is 69.4 Å². The summed E-state index contributed by atoms with van der Waals surface area (Å²) in [5.74, 6) is 0. The Balaban J connectivity index is 0.000000258. The zero-order chi connectivity index (χ0) is 35.5. The van der Waals surface area contributed by atoms with Gasteiger partial charge in [0.2, 0.25) is 0 Å². The number of benzene rings is 5. The fourth-order valence-electron chi connectivity index (χ4n) is 6.68. The van der Waals surface area contributed by atoms with Crippen LogP contribution in [0.5, 0.6) is 0 Å². The Kier molecular flexibility index (Phi) is 14.2. The predicted molar refractivity (Wildman–Crippen MR) is 226 cm³/mol. The Labute approximate surface area is 326 Å². The zero-order valence-corrected chi connectivity index (χ0v) is 36.1. The molecule has 0 bridgehead atoms. The molecule has 0 heterocycles. The Morgan fingerprint density at radius 1 is 0.490 bits per heavy atom. The van der Waals surface area contributed by atoms with Crippen molar-refractivity contribution in [2.75, 3.05) is 0 Å². The van der Waals surface area contributed by atoms with Crippen LogP contribution in [0.25, 0.3) is 54.9 Å². The number of hydrogen-bond acceptors (Lipinski definition) is 0. The summed E-state index contributed by atoms with van der Waals surface area (Å²) in [6.07, 6.45) is 0. The zero-order valence-electron chi connectivity index (χ0n) is 32.6. The van der Waals surface area contributed by atoms with Crippen molar-refractivity contribution in [3.63, 3.8) is 0 Å². The number of hydrogen-bond donors (Lipinski definition) is 0.